The van der Waals surface area contributed by atoms with E-state index in [-0.39, 0.29) is 23.6 Å². The van der Waals surface area contributed by atoms with Gasteiger partial charge in [-0.15, -0.1) is 0 Å². The summed E-state index contributed by atoms with van der Waals surface area (Å²) in [6.45, 7) is 8.23. The number of nitrogens with two attached hydrogens (primary N) is 1. The molecule has 0 aliphatic carbocycles. The van der Waals surface area contributed by atoms with E-state index in [4.69, 9.17) is 10.9 Å². The van der Waals surface area contributed by atoms with Gasteiger partial charge in [0.1, 0.15) is 5.84 Å². The normalized spacial score (nSPS) is 16.0. The van der Waals surface area contributed by atoms with Gasteiger partial charge in [0.05, 0.1) is 0 Å². The van der Waals surface area contributed by atoms with Crippen molar-refractivity contribution in [1.29, 1.82) is 0 Å². The van der Waals surface area contributed by atoms with Crippen molar-refractivity contribution in [3.8, 4) is 0 Å². The highest BCUT2D eigenvalue weighted by molar-refractivity contribution is 5.83. The number of rotatable bonds is 5. The molecular weight excluding hydrogens is 206 g/mol. The Morgan fingerprint density at radius 3 is 2.25 bits per heavy atom. The van der Waals surface area contributed by atoms with Gasteiger partial charge < -0.3 is 15.8 Å². The topological polar surface area (TPSA) is 78.9 Å². The largest absolute Gasteiger partial charge is 0.409 e. The summed E-state index contributed by atoms with van der Waals surface area (Å²) in [5, 5.41) is 11.5. The molecule has 0 saturated carbocycles. The maximum absolute atomic E-state index is 11.9. The summed E-state index contributed by atoms with van der Waals surface area (Å²) in [6.07, 6.45) is 0. The molecule has 0 spiro atoms. The number of carbonyl (C=O) groups excluding carboxylic acids is 1. The van der Waals surface area contributed by atoms with Gasteiger partial charge in [-0.05, 0) is 5.92 Å². The summed E-state index contributed by atoms with van der Waals surface area (Å²) in [6, 6.07) is 0. The first-order valence-electron chi connectivity index (χ1n) is 5.53. The molecule has 0 aliphatic heterocycles. The summed E-state index contributed by atoms with van der Waals surface area (Å²) in [5.41, 5.74) is 5.46. The molecule has 2 unspecified atom stereocenters. The maximum atomic E-state index is 11.9. The molecule has 2 atom stereocenters. The molecule has 0 aromatic carbocycles. The Balaban J connectivity index is 4.36. The Hall–Kier alpha value is -1.26. The average Bonchev–Trinajstić information content (AvgIpc) is 2.25. The maximum Gasteiger partial charge on any atom is 0.225 e. The van der Waals surface area contributed by atoms with E-state index in [2.05, 4.69) is 5.16 Å². The van der Waals surface area contributed by atoms with E-state index in [0.717, 1.165) is 0 Å². The minimum absolute atomic E-state index is 0.00973. The predicted octanol–water partition coefficient (Wildman–Crippen LogP) is 1.12. The van der Waals surface area contributed by atoms with E-state index < -0.39 is 0 Å². The second-order valence-corrected chi connectivity index (χ2v) is 4.68. The van der Waals surface area contributed by atoms with Gasteiger partial charge in [0.25, 0.3) is 0 Å². The van der Waals surface area contributed by atoms with Crippen molar-refractivity contribution in [2.75, 3.05) is 13.6 Å². The van der Waals surface area contributed by atoms with Crippen molar-refractivity contribution in [2.45, 2.75) is 27.7 Å². The van der Waals surface area contributed by atoms with Gasteiger partial charge in [-0.2, -0.15) is 0 Å². The molecule has 0 saturated heterocycles. The number of amides is 1. The number of carbonyl (C=O) groups is 1. The Labute approximate surface area is 97.3 Å². The summed E-state index contributed by atoms with van der Waals surface area (Å²) >= 11 is 0. The third kappa shape index (κ3) is 4.08. The molecule has 1 amide bonds. The second kappa shape index (κ2) is 6.35. The first kappa shape index (κ1) is 14.7. The van der Waals surface area contributed by atoms with E-state index in [1.807, 2.05) is 27.7 Å². The molecule has 3 N–H and O–H groups in total. The molecule has 0 aliphatic rings. The minimum atomic E-state index is -0.140. The van der Waals surface area contributed by atoms with Crippen LogP contribution in [0.2, 0.25) is 0 Å². The van der Waals surface area contributed by atoms with Crippen molar-refractivity contribution in [1.82, 2.24) is 4.90 Å². The van der Waals surface area contributed by atoms with Crippen LogP contribution >= 0.6 is 0 Å². The SMILES string of the molecule is CC(CN(C)C(=O)C(C)C(C)C)C(N)=NO. The lowest BCUT2D eigenvalue weighted by Crippen LogP contribution is -2.39. The van der Waals surface area contributed by atoms with Crippen molar-refractivity contribution < 1.29 is 10.0 Å². The van der Waals surface area contributed by atoms with E-state index in [1.165, 1.54) is 0 Å². The molecule has 5 heteroatoms. The van der Waals surface area contributed by atoms with Crippen LogP contribution in [0.3, 0.4) is 0 Å². The molecule has 16 heavy (non-hydrogen) atoms. The van der Waals surface area contributed by atoms with Crippen LogP contribution in [0.15, 0.2) is 5.16 Å². The van der Waals surface area contributed by atoms with Crippen LogP contribution in [-0.4, -0.2) is 35.4 Å². The molecule has 0 bridgehead atoms. The highest BCUT2D eigenvalue weighted by Crippen LogP contribution is 2.13. The summed E-state index contributed by atoms with van der Waals surface area (Å²) in [7, 11) is 1.74. The first-order chi connectivity index (χ1) is 7.31. The van der Waals surface area contributed by atoms with Gasteiger partial charge in [0, 0.05) is 25.4 Å². The third-order valence-electron chi connectivity index (χ3n) is 2.93. The number of hydrogen-bond acceptors (Lipinski definition) is 3. The van der Waals surface area contributed by atoms with Crippen molar-refractivity contribution in [3.63, 3.8) is 0 Å². The summed E-state index contributed by atoms with van der Waals surface area (Å²) < 4.78 is 0. The van der Waals surface area contributed by atoms with Crippen LogP contribution in [0.1, 0.15) is 27.7 Å². The minimum Gasteiger partial charge on any atom is -0.409 e. The molecule has 0 aromatic rings. The van der Waals surface area contributed by atoms with Crippen molar-refractivity contribution in [2.24, 2.45) is 28.6 Å². The van der Waals surface area contributed by atoms with E-state index in [0.29, 0.717) is 12.5 Å². The molecule has 0 heterocycles. The fourth-order valence-corrected chi connectivity index (χ4v) is 1.33. The fraction of sp³-hybridized carbons (Fsp3) is 0.818. The lowest BCUT2D eigenvalue weighted by Gasteiger charge is -2.25. The zero-order chi connectivity index (χ0) is 12.9. The predicted molar refractivity (Wildman–Crippen MR) is 64.2 cm³/mol. The molecular formula is C11H23N3O2. The zero-order valence-corrected chi connectivity index (χ0v) is 10.8. The van der Waals surface area contributed by atoms with E-state index in [1.54, 1.807) is 11.9 Å². The van der Waals surface area contributed by atoms with Gasteiger partial charge in [-0.3, -0.25) is 4.79 Å². The lowest BCUT2D eigenvalue weighted by molar-refractivity contribution is -0.135. The van der Waals surface area contributed by atoms with Gasteiger partial charge in [0.15, 0.2) is 0 Å². The summed E-state index contributed by atoms with van der Waals surface area (Å²) in [5.74, 6) is 0.404. The van der Waals surface area contributed by atoms with Gasteiger partial charge >= 0.3 is 0 Å². The lowest BCUT2D eigenvalue weighted by atomic mass is 9.96. The third-order valence-corrected chi connectivity index (χ3v) is 2.93. The molecule has 0 aromatic heterocycles. The highest BCUT2D eigenvalue weighted by atomic mass is 16.4. The molecule has 0 fully saturated rings. The van der Waals surface area contributed by atoms with Crippen LogP contribution in [0.5, 0.6) is 0 Å². The smallest absolute Gasteiger partial charge is 0.225 e. The Kier molecular flexibility index (Phi) is 5.85. The Morgan fingerprint density at radius 1 is 1.38 bits per heavy atom. The monoisotopic (exact) mass is 229 g/mol. The van der Waals surface area contributed by atoms with E-state index in [9.17, 15) is 4.79 Å². The van der Waals surface area contributed by atoms with Gasteiger partial charge in [-0.25, -0.2) is 0 Å². The average molecular weight is 229 g/mol. The molecule has 94 valence electrons. The van der Waals surface area contributed by atoms with Crippen LogP contribution in [0.25, 0.3) is 0 Å². The van der Waals surface area contributed by atoms with Crippen molar-refractivity contribution in [3.05, 3.63) is 0 Å². The van der Waals surface area contributed by atoms with E-state index >= 15 is 0 Å². The van der Waals surface area contributed by atoms with Crippen LogP contribution < -0.4 is 5.73 Å². The Bertz CT molecular complexity index is 264. The number of hydrogen-bond donors (Lipinski definition) is 2. The zero-order valence-electron chi connectivity index (χ0n) is 10.8. The molecule has 0 radical (unpaired) electrons. The van der Waals surface area contributed by atoms with Crippen molar-refractivity contribution >= 4 is 11.7 Å². The van der Waals surface area contributed by atoms with Crippen LogP contribution in [-0.2, 0) is 4.79 Å². The molecule has 5 nitrogen and oxygen atoms in total. The standard InChI is InChI=1S/C11H23N3O2/c1-7(2)9(4)11(15)14(5)6-8(3)10(12)13-16/h7-9,16H,6H2,1-5H3,(H2,12,13). The van der Waals surface area contributed by atoms with Crippen LogP contribution in [0.4, 0.5) is 0 Å². The molecule has 0 rings (SSSR count). The number of oxime groups is 1. The fourth-order valence-electron chi connectivity index (χ4n) is 1.33. The van der Waals surface area contributed by atoms with Gasteiger partial charge in [-0.1, -0.05) is 32.9 Å². The highest BCUT2D eigenvalue weighted by Gasteiger charge is 2.22. The Morgan fingerprint density at radius 2 is 1.88 bits per heavy atom. The van der Waals surface area contributed by atoms with Crippen LogP contribution in [0, 0.1) is 17.8 Å². The number of amidine groups is 1. The van der Waals surface area contributed by atoms with Gasteiger partial charge in [0.2, 0.25) is 5.91 Å². The second-order valence-electron chi connectivity index (χ2n) is 4.68. The first-order valence-corrected chi connectivity index (χ1v) is 5.53. The quantitative estimate of drug-likeness (QED) is 0.321. The number of nitrogens with zero attached hydrogens (tertiary/aromatic N) is 2. The summed E-state index contributed by atoms with van der Waals surface area (Å²) in [4.78, 5) is 13.5.